The number of amides is 2. The molecule has 0 spiro atoms. The number of hydrogen-bond donors (Lipinski definition) is 1. The number of morpholine rings is 1. The van der Waals surface area contributed by atoms with Gasteiger partial charge in [-0.25, -0.2) is 4.98 Å². The van der Waals surface area contributed by atoms with Crippen LogP contribution in [0.1, 0.15) is 28.8 Å². The molecule has 0 radical (unpaired) electrons. The lowest BCUT2D eigenvalue weighted by Gasteiger charge is -2.34. The van der Waals surface area contributed by atoms with Gasteiger partial charge in [0.25, 0.3) is 5.91 Å². The number of carbonyl (C=O) groups is 2. The average molecular weight is 478 g/mol. The minimum absolute atomic E-state index is 0.0692. The smallest absolute Gasteiger partial charge is 0.251 e. The summed E-state index contributed by atoms with van der Waals surface area (Å²) in [5.41, 5.74) is 2.43. The molecule has 2 aromatic heterocycles. The molecule has 9 heteroatoms. The topological polar surface area (TPSA) is 88.4 Å². The zero-order valence-corrected chi connectivity index (χ0v) is 19.8. The van der Waals surface area contributed by atoms with Crippen LogP contribution in [0.15, 0.2) is 55.0 Å². The first-order valence-corrected chi connectivity index (χ1v) is 12.2. The molecule has 3 aromatic rings. The number of likely N-dealkylation sites (tertiary alicyclic amines) is 1. The van der Waals surface area contributed by atoms with E-state index in [1.54, 1.807) is 18.3 Å². The number of fused-ring (bicyclic) bond motifs is 1. The van der Waals surface area contributed by atoms with E-state index in [4.69, 9.17) is 9.47 Å². The zero-order chi connectivity index (χ0) is 24.0. The molecule has 2 aliphatic heterocycles. The van der Waals surface area contributed by atoms with E-state index in [-0.39, 0.29) is 17.9 Å². The molecule has 0 bridgehead atoms. The number of hydrogen-bond acceptors (Lipinski definition) is 6. The Morgan fingerprint density at radius 3 is 2.57 bits per heavy atom. The van der Waals surface area contributed by atoms with Crippen LogP contribution in [-0.2, 0) is 16.1 Å². The van der Waals surface area contributed by atoms with Crippen LogP contribution in [-0.4, -0.2) is 83.0 Å². The van der Waals surface area contributed by atoms with Crippen LogP contribution in [0.4, 0.5) is 0 Å². The molecule has 5 rings (SSSR count). The molecule has 4 heterocycles. The van der Waals surface area contributed by atoms with Gasteiger partial charge in [0.15, 0.2) is 0 Å². The number of piperidine rings is 1. The lowest BCUT2D eigenvalue weighted by atomic mass is 10.1. The molecule has 0 atom stereocenters. The Hall–Kier alpha value is -3.43. The second-order valence-electron chi connectivity index (χ2n) is 9.02. The fourth-order valence-corrected chi connectivity index (χ4v) is 4.50. The van der Waals surface area contributed by atoms with Crippen molar-refractivity contribution in [3.63, 3.8) is 0 Å². The highest BCUT2D eigenvalue weighted by Gasteiger charge is 2.25. The molecule has 9 nitrogen and oxygen atoms in total. The van der Waals surface area contributed by atoms with E-state index in [2.05, 4.69) is 15.2 Å². The maximum absolute atomic E-state index is 12.6. The second kappa shape index (κ2) is 10.9. The number of nitrogens with zero attached hydrogens (tertiary/aromatic N) is 4. The van der Waals surface area contributed by atoms with Gasteiger partial charge in [-0.3, -0.25) is 14.5 Å². The summed E-state index contributed by atoms with van der Waals surface area (Å²) in [6.45, 7) is 5.36. The number of pyridine rings is 1. The van der Waals surface area contributed by atoms with E-state index in [0.29, 0.717) is 45.0 Å². The van der Waals surface area contributed by atoms with Crippen LogP contribution in [0.2, 0.25) is 0 Å². The molecule has 0 aliphatic carbocycles. The van der Waals surface area contributed by atoms with Crippen LogP contribution in [0.25, 0.3) is 5.65 Å². The number of nitrogens with one attached hydrogen (secondary N) is 1. The van der Waals surface area contributed by atoms with Gasteiger partial charge >= 0.3 is 0 Å². The van der Waals surface area contributed by atoms with E-state index in [9.17, 15) is 9.59 Å². The molecule has 1 aromatic carbocycles. The van der Waals surface area contributed by atoms with Crippen molar-refractivity contribution < 1.29 is 19.1 Å². The standard InChI is InChI=1S/C26H31N5O4/c32-25(19-29-13-15-34-16-14-29)31-10-6-23(7-11-31)35-22-3-1-21(2-4-22)26(33)28-18-20-5-9-30-12-8-27-24(30)17-20/h1-5,8-9,12,17,23H,6-7,10-11,13-16,18-19H2,(H,28,33). The number of imidazole rings is 1. The predicted molar refractivity (Wildman–Crippen MR) is 130 cm³/mol. The Morgan fingerprint density at radius 1 is 1.03 bits per heavy atom. The van der Waals surface area contributed by atoms with Crippen LogP contribution in [0.5, 0.6) is 5.75 Å². The van der Waals surface area contributed by atoms with Crippen molar-refractivity contribution in [2.75, 3.05) is 45.9 Å². The fourth-order valence-electron chi connectivity index (χ4n) is 4.50. The molecule has 0 unspecified atom stereocenters. The number of ether oxygens (including phenoxy) is 2. The first-order valence-electron chi connectivity index (χ1n) is 12.2. The van der Waals surface area contributed by atoms with E-state index in [1.807, 2.05) is 46.0 Å². The van der Waals surface area contributed by atoms with Crippen molar-refractivity contribution in [1.82, 2.24) is 24.5 Å². The molecule has 1 N–H and O–H groups in total. The van der Waals surface area contributed by atoms with Gasteiger partial charge in [-0.05, 0) is 42.0 Å². The molecule has 2 saturated heterocycles. The average Bonchev–Trinajstić information content (AvgIpc) is 3.37. The Balaban J connectivity index is 1.06. The predicted octanol–water partition coefficient (Wildman–Crippen LogP) is 1.97. The summed E-state index contributed by atoms with van der Waals surface area (Å²) in [4.78, 5) is 33.5. The number of rotatable bonds is 7. The molecule has 35 heavy (non-hydrogen) atoms. The van der Waals surface area contributed by atoms with Crippen molar-refractivity contribution in [2.45, 2.75) is 25.5 Å². The Kier molecular flexibility index (Phi) is 7.25. The van der Waals surface area contributed by atoms with E-state index < -0.39 is 0 Å². The van der Waals surface area contributed by atoms with Gasteiger partial charge in [0.1, 0.15) is 17.5 Å². The van der Waals surface area contributed by atoms with E-state index in [1.165, 1.54) is 0 Å². The molecule has 184 valence electrons. The third kappa shape index (κ3) is 5.98. The van der Waals surface area contributed by atoms with Crippen molar-refractivity contribution in [3.05, 3.63) is 66.1 Å². The monoisotopic (exact) mass is 477 g/mol. The molecular weight excluding hydrogens is 446 g/mol. The third-order valence-electron chi connectivity index (χ3n) is 6.59. The lowest BCUT2D eigenvalue weighted by molar-refractivity contribution is -0.135. The summed E-state index contributed by atoms with van der Waals surface area (Å²) in [6.07, 6.45) is 7.24. The Bertz CT molecular complexity index is 1150. The van der Waals surface area contributed by atoms with Crippen molar-refractivity contribution >= 4 is 17.5 Å². The highest BCUT2D eigenvalue weighted by atomic mass is 16.5. The van der Waals surface area contributed by atoms with Crippen LogP contribution < -0.4 is 10.1 Å². The van der Waals surface area contributed by atoms with Gasteiger partial charge in [-0.2, -0.15) is 0 Å². The van der Waals surface area contributed by atoms with Crippen molar-refractivity contribution in [1.29, 1.82) is 0 Å². The molecule has 2 aliphatic rings. The minimum Gasteiger partial charge on any atom is -0.490 e. The Morgan fingerprint density at radius 2 is 1.80 bits per heavy atom. The van der Waals surface area contributed by atoms with Crippen LogP contribution >= 0.6 is 0 Å². The summed E-state index contributed by atoms with van der Waals surface area (Å²) >= 11 is 0. The molecule has 2 amide bonds. The maximum Gasteiger partial charge on any atom is 0.251 e. The highest BCUT2D eigenvalue weighted by molar-refractivity contribution is 5.94. The molecule has 2 fully saturated rings. The SMILES string of the molecule is O=C(NCc1ccn2ccnc2c1)c1ccc(OC2CCN(C(=O)CN3CCOCC3)CC2)cc1. The lowest BCUT2D eigenvalue weighted by Crippen LogP contribution is -2.48. The highest BCUT2D eigenvalue weighted by Crippen LogP contribution is 2.20. The largest absolute Gasteiger partial charge is 0.490 e. The number of aromatic nitrogens is 2. The summed E-state index contributed by atoms with van der Waals surface area (Å²) in [5, 5.41) is 2.95. The number of carbonyl (C=O) groups excluding carboxylic acids is 2. The van der Waals surface area contributed by atoms with Crippen molar-refractivity contribution in [3.8, 4) is 5.75 Å². The van der Waals surface area contributed by atoms with Crippen LogP contribution in [0.3, 0.4) is 0 Å². The van der Waals surface area contributed by atoms with E-state index >= 15 is 0 Å². The molecular formula is C26H31N5O4. The third-order valence-corrected chi connectivity index (χ3v) is 6.59. The van der Waals surface area contributed by atoms with Gasteiger partial charge in [-0.15, -0.1) is 0 Å². The quantitative estimate of drug-likeness (QED) is 0.560. The minimum atomic E-state index is -0.133. The van der Waals surface area contributed by atoms with Gasteiger partial charge < -0.3 is 24.1 Å². The van der Waals surface area contributed by atoms with E-state index in [0.717, 1.165) is 42.9 Å². The number of benzene rings is 1. The fraction of sp³-hybridized carbons (Fsp3) is 0.423. The molecule has 0 saturated carbocycles. The first kappa shape index (κ1) is 23.3. The van der Waals surface area contributed by atoms with Crippen LogP contribution in [0, 0.1) is 0 Å². The normalized spacial score (nSPS) is 17.4. The second-order valence-corrected chi connectivity index (χ2v) is 9.02. The van der Waals surface area contributed by atoms with Gasteiger partial charge in [-0.1, -0.05) is 0 Å². The van der Waals surface area contributed by atoms with Gasteiger partial charge in [0.2, 0.25) is 5.91 Å². The Labute approximate surface area is 204 Å². The summed E-state index contributed by atoms with van der Waals surface area (Å²) < 4.78 is 13.4. The van der Waals surface area contributed by atoms with Gasteiger partial charge in [0.05, 0.1) is 19.8 Å². The van der Waals surface area contributed by atoms with Crippen molar-refractivity contribution in [2.24, 2.45) is 0 Å². The summed E-state index contributed by atoms with van der Waals surface area (Å²) in [6, 6.07) is 11.2. The summed E-state index contributed by atoms with van der Waals surface area (Å²) in [5.74, 6) is 0.793. The zero-order valence-electron chi connectivity index (χ0n) is 19.8. The summed E-state index contributed by atoms with van der Waals surface area (Å²) in [7, 11) is 0. The first-order chi connectivity index (χ1) is 17.1. The van der Waals surface area contributed by atoms with Gasteiger partial charge in [0, 0.05) is 69.7 Å². The maximum atomic E-state index is 12.6.